The summed E-state index contributed by atoms with van der Waals surface area (Å²) in [6.07, 6.45) is 1.52. The van der Waals surface area contributed by atoms with Crippen LogP contribution in [0.2, 0.25) is 5.15 Å². The molecule has 0 amide bonds. The molecular weight excluding hydrogens is 264 g/mol. The SMILES string of the molecule is Cc1c(Cl)nc2ncnn2c1N1CCN(C)CC1C. The van der Waals surface area contributed by atoms with Crippen LogP contribution < -0.4 is 4.90 Å². The summed E-state index contributed by atoms with van der Waals surface area (Å²) in [6.45, 7) is 7.20. The van der Waals surface area contributed by atoms with Crippen molar-refractivity contribution < 1.29 is 0 Å². The van der Waals surface area contributed by atoms with Crippen LogP contribution in [-0.2, 0) is 0 Å². The maximum Gasteiger partial charge on any atom is 0.255 e. The van der Waals surface area contributed by atoms with Gasteiger partial charge in [-0.15, -0.1) is 0 Å². The lowest BCUT2D eigenvalue weighted by Gasteiger charge is -2.40. The van der Waals surface area contributed by atoms with Crippen molar-refractivity contribution in [2.24, 2.45) is 0 Å². The maximum absolute atomic E-state index is 6.22. The zero-order valence-corrected chi connectivity index (χ0v) is 12.1. The van der Waals surface area contributed by atoms with Crippen molar-refractivity contribution in [2.75, 3.05) is 31.6 Å². The Labute approximate surface area is 117 Å². The van der Waals surface area contributed by atoms with E-state index in [9.17, 15) is 0 Å². The van der Waals surface area contributed by atoms with Crippen LogP contribution in [-0.4, -0.2) is 57.2 Å². The van der Waals surface area contributed by atoms with E-state index in [-0.39, 0.29) is 0 Å². The second-order valence-corrected chi connectivity index (χ2v) is 5.49. The Balaban J connectivity index is 2.13. The Kier molecular flexibility index (Phi) is 3.06. The fourth-order valence-electron chi connectivity index (χ4n) is 2.68. The minimum Gasteiger partial charge on any atom is -0.351 e. The second kappa shape index (κ2) is 4.61. The first-order chi connectivity index (χ1) is 9.08. The largest absolute Gasteiger partial charge is 0.351 e. The van der Waals surface area contributed by atoms with Crippen LogP contribution in [0.5, 0.6) is 0 Å². The molecule has 0 aliphatic carbocycles. The van der Waals surface area contributed by atoms with E-state index < -0.39 is 0 Å². The summed E-state index contributed by atoms with van der Waals surface area (Å²) >= 11 is 6.22. The molecule has 1 fully saturated rings. The van der Waals surface area contributed by atoms with Crippen LogP contribution in [0.1, 0.15) is 12.5 Å². The Bertz CT molecular complexity index is 610. The molecule has 102 valence electrons. The third kappa shape index (κ3) is 2.04. The molecule has 7 heteroatoms. The summed E-state index contributed by atoms with van der Waals surface area (Å²) in [6, 6.07) is 0.406. The number of hydrogen-bond acceptors (Lipinski definition) is 5. The van der Waals surface area contributed by atoms with Gasteiger partial charge in [-0.05, 0) is 20.9 Å². The van der Waals surface area contributed by atoms with E-state index in [0.29, 0.717) is 17.0 Å². The molecule has 1 atom stereocenters. The average Bonchev–Trinajstić information content (AvgIpc) is 2.80. The smallest absolute Gasteiger partial charge is 0.255 e. The average molecular weight is 281 g/mol. The Morgan fingerprint density at radius 2 is 2.16 bits per heavy atom. The van der Waals surface area contributed by atoms with Crippen LogP contribution >= 0.6 is 11.6 Å². The van der Waals surface area contributed by atoms with Crippen LogP contribution in [0.4, 0.5) is 5.82 Å². The molecule has 2 aromatic heterocycles. The third-order valence-electron chi connectivity index (χ3n) is 3.68. The second-order valence-electron chi connectivity index (χ2n) is 5.13. The minimum atomic E-state index is 0.406. The van der Waals surface area contributed by atoms with Crippen molar-refractivity contribution in [3.05, 3.63) is 17.0 Å². The number of fused-ring (bicyclic) bond motifs is 1. The zero-order chi connectivity index (χ0) is 13.6. The van der Waals surface area contributed by atoms with Gasteiger partial charge in [-0.25, -0.2) is 0 Å². The van der Waals surface area contributed by atoms with E-state index in [0.717, 1.165) is 31.0 Å². The molecule has 1 aliphatic heterocycles. The lowest BCUT2D eigenvalue weighted by atomic mass is 10.2. The van der Waals surface area contributed by atoms with Gasteiger partial charge in [-0.1, -0.05) is 11.6 Å². The molecule has 1 saturated heterocycles. The van der Waals surface area contributed by atoms with Gasteiger partial charge in [0, 0.05) is 31.2 Å². The monoisotopic (exact) mass is 280 g/mol. The molecule has 0 spiro atoms. The first-order valence-corrected chi connectivity index (χ1v) is 6.76. The highest BCUT2D eigenvalue weighted by atomic mass is 35.5. The van der Waals surface area contributed by atoms with Crippen LogP contribution in [0, 0.1) is 6.92 Å². The van der Waals surface area contributed by atoms with Crippen molar-refractivity contribution in [3.8, 4) is 0 Å². The Hall–Kier alpha value is -1.40. The summed E-state index contributed by atoms with van der Waals surface area (Å²) in [7, 11) is 2.14. The highest BCUT2D eigenvalue weighted by Gasteiger charge is 2.26. The molecule has 2 aromatic rings. The number of piperazine rings is 1. The predicted molar refractivity (Wildman–Crippen MR) is 74.8 cm³/mol. The molecule has 0 aromatic carbocycles. The third-order valence-corrected chi connectivity index (χ3v) is 4.04. The van der Waals surface area contributed by atoms with Gasteiger partial charge in [0.2, 0.25) is 0 Å². The molecule has 3 rings (SSSR count). The maximum atomic E-state index is 6.22. The van der Waals surface area contributed by atoms with E-state index in [1.807, 2.05) is 6.92 Å². The Morgan fingerprint density at radius 3 is 2.89 bits per heavy atom. The van der Waals surface area contributed by atoms with E-state index in [4.69, 9.17) is 11.6 Å². The standard InChI is InChI=1S/C12H17ClN6/c1-8-6-17(3)4-5-18(8)11-9(2)10(13)16-12-14-7-15-19(11)12/h7-8H,4-6H2,1-3H3. The lowest BCUT2D eigenvalue weighted by molar-refractivity contribution is 0.274. The quantitative estimate of drug-likeness (QED) is 0.736. The summed E-state index contributed by atoms with van der Waals surface area (Å²) in [5.74, 6) is 1.56. The summed E-state index contributed by atoms with van der Waals surface area (Å²) < 4.78 is 1.78. The van der Waals surface area contributed by atoms with Crippen molar-refractivity contribution in [2.45, 2.75) is 19.9 Å². The molecule has 3 heterocycles. The van der Waals surface area contributed by atoms with Crippen LogP contribution in [0.25, 0.3) is 5.78 Å². The fourth-order valence-corrected chi connectivity index (χ4v) is 2.84. The van der Waals surface area contributed by atoms with Crippen molar-refractivity contribution in [1.29, 1.82) is 0 Å². The van der Waals surface area contributed by atoms with Gasteiger partial charge in [0.25, 0.3) is 5.78 Å². The molecular formula is C12H17ClN6. The van der Waals surface area contributed by atoms with Crippen molar-refractivity contribution in [3.63, 3.8) is 0 Å². The summed E-state index contributed by atoms with van der Waals surface area (Å²) in [5.41, 5.74) is 0.955. The first-order valence-electron chi connectivity index (χ1n) is 6.39. The first kappa shape index (κ1) is 12.6. The van der Waals surface area contributed by atoms with E-state index in [2.05, 4.69) is 38.8 Å². The predicted octanol–water partition coefficient (Wildman–Crippen LogP) is 1.23. The number of rotatable bonds is 1. The summed E-state index contributed by atoms with van der Waals surface area (Å²) in [5, 5.41) is 4.78. The van der Waals surface area contributed by atoms with Crippen molar-refractivity contribution in [1.82, 2.24) is 24.5 Å². The molecule has 0 saturated carbocycles. The summed E-state index contributed by atoms with van der Waals surface area (Å²) in [4.78, 5) is 13.1. The van der Waals surface area contributed by atoms with Crippen LogP contribution in [0.15, 0.2) is 6.33 Å². The van der Waals surface area contributed by atoms with Crippen molar-refractivity contribution >= 4 is 23.2 Å². The fraction of sp³-hybridized carbons (Fsp3) is 0.583. The topological polar surface area (TPSA) is 49.6 Å². The van der Waals surface area contributed by atoms with Gasteiger partial charge in [-0.3, -0.25) is 0 Å². The van der Waals surface area contributed by atoms with E-state index in [1.165, 1.54) is 6.33 Å². The number of aromatic nitrogens is 4. The van der Waals surface area contributed by atoms with Crippen LogP contribution in [0.3, 0.4) is 0 Å². The highest BCUT2D eigenvalue weighted by Crippen LogP contribution is 2.28. The molecule has 0 radical (unpaired) electrons. The van der Waals surface area contributed by atoms with E-state index >= 15 is 0 Å². The number of hydrogen-bond donors (Lipinski definition) is 0. The van der Waals surface area contributed by atoms with Gasteiger partial charge in [0.15, 0.2) is 0 Å². The number of halogens is 1. The minimum absolute atomic E-state index is 0.406. The molecule has 1 aliphatic rings. The molecule has 1 unspecified atom stereocenters. The van der Waals surface area contributed by atoms with E-state index in [1.54, 1.807) is 4.52 Å². The Morgan fingerprint density at radius 1 is 1.37 bits per heavy atom. The number of nitrogens with zero attached hydrogens (tertiary/aromatic N) is 6. The molecule has 6 nitrogen and oxygen atoms in total. The lowest BCUT2D eigenvalue weighted by Crippen LogP contribution is -2.51. The van der Waals surface area contributed by atoms with Gasteiger partial charge in [-0.2, -0.15) is 19.6 Å². The van der Waals surface area contributed by atoms with Gasteiger partial charge in [0.1, 0.15) is 17.3 Å². The normalized spacial score (nSPS) is 21.3. The zero-order valence-electron chi connectivity index (χ0n) is 11.3. The van der Waals surface area contributed by atoms with Gasteiger partial charge in [0.05, 0.1) is 0 Å². The number of likely N-dealkylation sites (N-methyl/N-ethyl adjacent to an activating group) is 1. The molecule has 19 heavy (non-hydrogen) atoms. The van der Waals surface area contributed by atoms with Gasteiger partial charge < -0.3 is 9.80 Å². The van der Waals surface area contributed by atoms with Gasteiger partial charge >= 0.3 is 0 Å². The molecule has 0 N–H and O–H groups in total. The highest BCUT2D eigenvalue weighted by molar-refractivity contribution is 6.30. The number of anilines is 1. The molecule has 0 bridgehead atoms.